The SMILES string of the molecule is O=C(NC1COCCC1OCC1CC1)c1cccc2nccnc12. The van der Waals surface area contributed by atoms with Gasteiger partial charge in [0.05, 0.1) is 29.8 Å². The van der Waals surface area contributed by atoms with E-state index < -0.39 is 0 Å². The number of benzene rings is 1. The molecule has 0 spiro atoms. The van der Waals surface area contributed by atoms with Crippen molar-refractivity contribution in [3.05, 3.63) is 36.2 Å². The molecule has 1 amide bonds. The van der Waals surface area contributed by atoms with Gasteiger partial charge in [-0.3, -0.25) is 14.8 Å². The summed E-state index contributed by atoms with van der Waals surface area (Å²) in [6.07, 6.45) is 6.58. The summed E-state index contributed by atoms with van der Waals surface area (Å²) >= 11 is 0. The van der Waals surface area contributed by atoms with E-state index in [1.54, 1.807) is 18.5 Å². The van der Waals surface area contributed by atoms with E-state index in [1.807, 2.05) is 12.1 Å². The number of carbonyl (C=O) groups excluding carboxylic acids is 1. The van der Waals surface area contributed by atoms with Crippen LogP contribution < -0.4 is 5.32 Å². The van der Waals surface area contributed by atoms with Crippen LogP contribution in [0.3, 0.4) is 0 Å². The van der Waals surface area contributed by atoms with E-state index in [2.05, 4.69) is 15.3 Å². The topological polar surface area (TPSA) is 73.3 Å². The van der Waals surface area contributed by atoms with E-state index in [0.717, 1.165) is 13.0 Å². The maximum absolute atomic E-state index is 12.7. The third-order valence-electron chi connectivity index (χ3n) is 4.60. The molecule has 2 heterocycles. The molecular weight excluding hydrogens is 306 g/mol. The van der Waals surface area contributed by atoms with Gasteiger partial charge in [0.2, 0.25) is 0 Å². The zero-order valence-corrected chi connectivity index (χ0v) is 13.5. The summed E-state index contributed by atoms with van der Waals surface area (Å²) in [6.45, 7) is 1.95. The highest BCUT2D eigenvalue weighted by Gasteiger charge is 2.31. The summed E-state index contributed by atoms with van der Waals surface area (Å²) in [6, 6.07) is 5.32. The molecule has 24 heavy (non-hydrogen) atoms. The second-order valence-electron chi connectivity index (χ2n) is 6.49. The average molecular weight is 327 g/mol. The number of nitrogens with zero attached hydrogens (tertiary/aromatic N) is 2. The first-order valence-corrected chi connectivity index (χ1v) is 8.51. The molecule has 1 aliphatic carbocycles. The lowest BCUT2D eigenvalue weighted by Gasteiger charge is -2.32. The summed E-state index contributed by atoms with van der Waals surface area (Å²) in [7, 11) is 0. The Kier molecular flexibility index (Phi) is 4.40. The molecule has 2 fully saturated rings. The predicted octanol–water partition coefficient (Wildman–Crippen LogP) is 1.94. The number of ether oxygens (including phenoxy) is 2. The molecule has 0 radical (unpaired) electrons. The number of rotatable bonds is 5. The molecule has 1 aromatic heterocycles. The zero-order chi connectivity index (χ0) is 16.4. The predicted molar refractivity (Wildman–Crippen MR) is 88.7 cm³/mol. The summed E-state index contributed by atoms with van der Waals surface area (Å²) < 4.78 is 11.6. The van der Waals surface area contributed by atoms with Crippen molar-refractivity contribution in [3.8, 4) is 0 Å². The number of carbonyl (C=O) groups is 1. The van der Waals surface area contributed by atoms with Gasteiger partial charge in [0.25, 0.3) is 5.91 Å². The molecule has 2 aliphatic rings. The number of nitrogens with one attached hydrogen (secondary N) is 1. The molecule has 1 saturated heterocycles. The van der Waals surface area contributed by atoms with Gasteiger partial charge < -0.3 is 14.8 Å². The summed E-state index contributed by atoms with van der Waals surface area (Å²) in [5.41, 5.74) is 1.86. The van der Waals surface area contributed by atoms with E-state index in [1.165, 1.54) is 12.8 Å². The highest BCUT2D eigenvalue weighted by Crippen LogP contribution is 2.30. The Morgan fingerprint density at radius 1 is 1.25 bits per heavy atom. The number of aromatic nitrogens is 2. The van der Waals surface area contributed by atoms with Gasteiger partial charge in [0, 0.05) is 25.6 Å². The lowest BCUT2D eigenvalue weighted by Crippen LogP contribution is -2.50. The van der Waals surface area contributed by atoms with Crippen molar-refractivity contribution in [2.75, 3.05) is 19.8 Å². The lowest BCUT2D eigenvalue weighted by molar-refractivity contribution is -0.0567. The van der Waals surface area contributed by atoms with Crippen molar-refractivity contribution in [2.24, 2.45) is 5.92 Å². The van der Waals surface area contributed by atoms with Gasteiger partial charge in [-0.25, -0.2) is 0 Å². The Morgan fingerprint density at radius 2 is 2.12 bits per heavy atom. The quantitative estimate of drug-likeness (QED) is 0.908. The van der Waals surface area contributed by atoms with Crippen LogP contribution in [-0.4, -0.2) is 47.8 Å². The van der Waals surface area contributed by atoms with E-state index in [9.17, 15) is 4.79 Å². The Balaban J connectivity index is 1.48. The minimum atomic E-state index is -0.156. The zero-order valence-electron chi connectivity index (χ0n) is 13.5. The van der Waals surface area contributed by atoms with Crippen molar-refractivity contribution in [2.45, 2.75) is 31.4 Å². The van der Waals surface area contributed by atoms with Crippen molar-refractivity contribution < 1.29 is 14.3 Å². The average Bonchev–Trinajstić information content (AvgIpc) is 3.45. The molecular formula is C18H21N3O3. The smallest absolute Gasteiger partial charge is 0.253 e. The second-order valence-corrected chi connectivity index (χ2v) is 6.49. The molecule has 2 unspecified atom stereocenters. The van der Waals surface area contributed by atoms with Crippen LogP contribution in [0.5, 0.6) is 0 Å². The van der Waals surface area contributed by atoms with Crippen LogP contribution in [0.4, 0.5) is 0 Å². The van der Waals surface area contributed by atoms with Crippen molar-refractivity contribution in [3.63, 3.8) is 0 Å². The third-order valence-corrected chi connectivity index (χ3v) is 4.60. The highest BCUT2D eigenvalue weighted by molar-refractivity contribution is 6.04. The van der Waals surface area contributed by atoms with Crippen LogP contribution in [0, 0.1) is 5.92 Å². The van der Waals surface area contributed by atoms with Gasteiger partial charge in [-0.15, -0.1) is 0 Å². The number of fused-ring (bicyclic) bond motifs is 1. The van der Waals surface area contributed by atoms with Crippen molar-refractivity contribution in [1.29, 1.82) is 0 Å². The Morgan fingerprint density at radius 3 is 3.00 bits per heavy atom. The van der Waals surface area contributed by atoms with Crippen LogP contribution in [0.25, 0.3) is 11.0 Å². The number of para-hydroxylation sites is 1. The Hall–Kier alpha value is -2.05. The summed E-state index contributed by atoms with van der Waals surface area (Å²) in [5.74, 6) is 0.550. The highest BCUT2D eigenvalue weighted by atomic mass is 16.5. The fourth-order valence-corrected chi connectivity index (χ4v) is 3.02. The van der Waals surface area contributed by atoms with Crippen LogP contribution >= 0.6 is 0 Å². The lowest BCUT2D eigenvalue weighted by atomic mass is 10.1. The van der Waals surface area contributed by atoms with E-state index in [4.69, 9.17) is 9.47 Å². The molecule has 6 nitrogen and oxygen atoms in total. The monoisotopic (exact) mass is 327 g/mol. The van der Waals surface area contributed by atoms with Crippen LogP contribution in [0.2, 0.25) is 0 Å². The molecule has 1 aromatic carbocycles. The molecule has 0 bridgehead atoms. The van der Waals surface area contributed by atoms with E-state index in [-0.39, 0.29) is 18.1 Å². The molecule has 2 aromatic rings. The first kappa shape index (κ1) is 15.5. The van der Waals surface area contributed by atoms with E-state index >= 15 is 0 Å². The molecule has 2 atom stereocenters. The van der Waals surface area contributed by atoms with Gasteiger partial charge in [0.1, 0.15) is 5.52 Å². The first-order valence-electron chi connectivity index (χ1n) is 8.51. The minimum Gasteiger partial charge on any atom is -0.379 e. The first-order chi connectivity index (χ1) is 11.8. The van der Waals surface area contributed by atoms with Gasteiger partial charge in [0.15, 0.2) is 0 Å². The van der Waals surface area contributed by atoms with Gasteiger partial charge in [-0.05, 0) is 37.3 Å². The van der Waals surface area contributed by atoms with Crippen LogP contribution in [0.1, 0.15) is 29.6 Å². The van der Waals surface area contributed by atoms with Crippen LogP contribution in [0.15, 0.2) is 30.6 Å². The molecule has 6 heteroatoms. The van der Waals surface area contributed by atoms with Crippen molar-refractivity contribution in [1.82, 2.24) is 15.3 Å². The van der Waals surface area contributed by atoms with Gasteiger partial charge in [-0.1, -0.05) is 6.07 Å². The second kappa shape index (κ2) is 6.83. The molecule has 1 aliphatic heterocycles. The maximum Gasteiger partial charge on any atom is 0.253 e. The maximum atomic E-state index is 12.7. The third kappa shape index (κ3) is 3.39. The normalized spacial score (nSPS) is 24.0. The van der Waals surface area contributed by atoms with Crippen LogP contribution in [-0.2, 0) is 9.47 Å². The number of amides is 1. The largest absolute Gasteiger partial charge is 0.379 e. The standard InChI is InChI=1S/C18H21N3O3/c22-18(13-2-1-3-14-17(13)20-8-7-19-14)21-15-11-23-9-6-16(15)24-10-12-4-5-12/h1-3,7-8,12,15-16H,4-6,9-11H2,(H,21,22). The molecule has 126 valence electrons. The molecule has 4 rings (SSSR count). The Labute approximate surface area is 140 Å². The van der Waals surface area contributed by atoms with Gasteiger partial charge >= 0.3 is 0 Å². The fourth-order valence-electron chi connectivity index (χ4n) is 3.02. The van der Waals surface area contributed by atoms with Crippen molar-refractivity contribution >= 4 is 16.9 Å². The van der Waals surface area contributed by atoms with E-state index in [0.29, 0.717) is 35.7 Å². The Bertz CT molecular complexity index is 727. The summed E-state index contributed by atoms with van der Waals surface area (Å²) in [4.78, 5) is 21.3. The molecule has 1 N–H and O–H groups in total. The molecule has 1 saturated carbocycles. The number of hydrogen-bond acceptors (Lipinski definition) is 5. The number of hydrogen-bond donors (Lipinski definition) is 1. The minimum absolute atomic E-state index is 0.0179. The summed E-state index contributed by atoms with van der Waals surface area (Å²) in [5, 5.41) is 3.06. The fraction of sp³-hybridized carbons (Fsp3) is 0.500. The van der Waals surface area contributed by atoms with Gasteiger partial charge in [-0.2, -0.15) is 0 Å².